The molecule has 0 bridgehead atoms. The van der Waals surface area contributed by atoms with E-state index in [4.69, 9.17) is 4.52 Å². The molecule has 0 saturated carbocycles. The molecular weight excluding hydrogens is 230 g/mol. The molecule has 18 heavy (non-hydrogen) atoms. The number of aromatic nitrogens is 3. The topological polar surface area (TPSA) is 75.9 Å². The Bertz CT molecular complexity index is 535. The average molecular weight is 247 g/mol. The Balaban J connectivity index is 2.19. The summed E-state index contributed by atoms with van der Waals surface area (Å²) in [6.45, 7) is 7.88. The monoisotopic (exact) mass is 247 g/mol. The van der Waals surface area contributed by atoms with Crippen LogP contribution >= 0.6 is 0 Å². The lowest BCUT2D eigenvalue weighted by atomic mass is 10.3. The van der Waals surface area contributed by atoms with E-state index in [0.717, 1.165) is 17.3 Å². The summed E-state index contributed by atoms with van der Waals surface area (Å²) in [5.41, 5.74) is 0.885. The second kappa shape index (κ2) is 5.03. The SMILES string of the molecule is Cc1cc(NC(C)C)nc(Nc2cc(C)on2)n1. The maximum atomic E-state index is 4.98. The minimum absolute atomic E-state index is 0.321. The highest BCUT2D eigenvalue weighted by atomic mass is 16.5. The van der Waals surface area contributed by atoms with E-state index in [9.17, 15) is 0 Å². The van der Waals surface area contributed by atoms with E-state index in [-0.39, 0.29) is 0 Å². The minimum atomic E-state index is 0.321. The first kappa shape index (κ1) is 12.3. The summed E-state index contributed by atoms with van der Waals surface area (Å²) in [5.74, 6) is 2.64. The molecule has 0 radical (unpaired) electrons. The van der Waals surface area contributed by atoms with E-state index in [1.807, 2.05) is 19.9 Å². The highest BCUT2D eigenvalue weighted by Crippen LogP contribution is 2.15. The lowest BCUT2D eigenvalue weighted by Gasteiger charge is -2.10. The van der Waals surface area contributed by atoms with Crippen molar-refractivity contribution in [3.63, 3.8) is 0 Å². The third kappa shape index (κ3) is 3.19. The predicted molar refractivity (Wildman–Crippen MR) is 70.1 cm³/mol. The van der Waals surface area contributed by atoms with Gasteiger partial charge in [0, 0.05) is 23.9 Å². The van der Waals surface area contributed by atoms with Crippen molar-refractivity contribution in [3.8, 4) is 0 Å². The first-order chi connectivity index (χ1) is 8.52. The van der Waals surface area contributed by atoms with Crippen molar-refractivity contribution in [3.05, 3.63) is 23.6 Å². The molecule has 6 heteroatoms. The van der Waals surface area contributed by atoms with Crippen LogP contribution in [0.25, 0.3) is 0 Å². The van der Waals surface area contributed by atoms with Crippen molar-refractivity contribution >= 4 is 17.6 Å². The van der Waals surface area contributed by atoms with Crippen LogP contribution in [0.1, 0.15) is 25.3 Å². The zero-order valence-electron chi connectivity index (χ0n) is 11.0. The summed E-state index contributed by atoms with van der Waals surface area (Å²) in [6.07, 6.45) is 0. The summed E-state index contributed by atoms with van der Waals surface area (Å²) in [5, 5.41) is 10.1. The Morgan fingerprint density at radius 2 is 1.89 bits per heavy atom. The van der Waals surface area contributed by atoms with Crippen LogP contribution in [0.15, 0.2) is 16.7 Å². The van der Waals surface area contributed by atoms with Crippen molar-refractivity contribution in [2.75, 3.05) is 10.6 Å². The van der Waals surface area contributed by atoms with Gasteiger partial charge in [-0.05, 0) is 27.7 Å². The molecule has 0 aliphatic carbocycles. The summed E-state index contributed by atoms with van der Waals surface area (Å²) in [7, 11) is 0. The average Bonchev–Trinajstić information content (AvgIpc) is 2.61. The second-order valence-electron chi connectivity index (χ2n) is 4.47. The standard InChI is InChI=1S/C12H17N5O/c1-7(2)13-10-5-8(3)14-12(15-10)16-11-6-9(4)18-17-11/h5-7H,1-4H3,(H2,13,14,15,16,17). The van der Waals surface area contributed by atoms with Gasteiger partial charge < -0.3 is 15.2 Å². The van der Waals surface area contributed by atoms with E-state index in [2.05, 4.69) is 39.6 Å². The van der Waals surface area contributed by atoms with Gasteiger partial charge in [-0.3, -0.25) is 0 Å². The van der Waals surface area contributed by atoms with Crippen LogP contribution in [0.2, 0.25) is 0 Å². The zero-order valence-corrected chi connectivity index (χ0v) is 11.0. The fourth-order valence-corrected chi connectivity index (χ4v) is 1.53. The maximum Gasteiger partial charge on any atom is 0.230 e. The Morgan fingerprint density at radius 3 is 2.50 bits per heavy atom. The molecule has 0 aliphatic rings. The Hall–Kier alpha value is -2.11. The van der Waals surface area contributed by atoms with Crippen LogP contribution in [0.4, 0.5) is 17.6 Å². The molecule has 0 atom stereocenters. The van der Waals surface area contributed by atoms with Crippen molar-refractivity contribution in [2.45, 2.75) is 33.7 Å². The molecule has 96 valence electrons. The number of aryl methyl sites for hydroxylation is 2. The van der Waals surface area contributed by atoms with Gasteiger partial charge in [0.1, 0.15) is 11.6 Å². The van der Waals surface area contributed by atoms with Gasteiger partial charge in [-0.15, -0.1) is 0 Å². The fraction of sp³-hybridized carbons (Fsp3) is 0.417. The number of anilines is 3. The Labute approximate surface area is 106 Å². The molecule has 2 aromatic heterocycles. The molecule has 2 N–H and O–H groups in total. The molecule has 0 amide bonds. The predicted octanol–water partition coefficient (Wildman–Crippen LogP) is 2.65. The van der Waals surface area contributed by atoms with Gasteiger partial charge in [-0.2, -0.15) is 4.98 Å². The molecule has 0 unspecified atom stereocenters. The minimum Gasteiger partial charge on any atom is -0.368 e. The number of nitrogens with one attached hydrogen (secondary N) is 2. The molecule has 2 aromatic rings. The number of hydrogen-bond acceptors (Lipinski definition) is 6. The molecule has 6 nitrogen and oxygen atoms in total. The first-order valence-corrected chi connectivity index (χ1v) is 5.85. The van der Waals surface area contributed by atoms with Gasteiger partial charge in [0.05, 0.1) is 0 Å². The molecular formula is C12H17N5O. The smallest absolute Gasteiger partial charge is 0.230 e. The summed E-state index contributed by atoms with van der Waals surface area (Å²) < 4.78 is 4.98. The van der Waals surface area contributed by atoms with Gasteiger partial charge in [0.2, 0.25) is 5.95 Å². The largest absolute Gasteiger partial charge is 0.368 e. The Morgan fingerprint density at radius 1 is 1.11 bits per heavy atom. The number of hydrogen-bond donors (Lipinski definition) is 2. The maximum absolute atomic E-state index is 4.98. The summed E-state index contributed by atoms with van der Waals surface area (Å²) >= 11 is 0. The highest BCUT2D eigenvalue weighted by Gasteiger charge is 2.06. The third-order valence-electron chi connectivity index (χ3n) is 2.16. The van der Waals surface area contributed by atoms with Crippen molar-refractivity contribution in [1.82, 2.24) is 15.1 Å². The molecule has 2 rings (SSSR count). The second-order valence-corrected chi connectivity index (χ2v) is 4.47. The van der Waals surface area contributed by atoms with E-state index in [1.165, 1.54) is 0 Å². The fourth-order valence-electron chi connectivity index (χ4n) is 1.53. The first-order valence-electron chi connectivity index (χ1n) is 5.85. The van der Waals surface area contributed by atoms with Gasteiger partial charge in [-0.1, -0.05) is 5.16 Å². The van der Waals surface area contributed by atoms with E-state index < -0.39 is 0 Å². The highest BCUT2D eigenvalue weighted by molar-refractivity contribution is 5.51. The van der Waals surface area contributed by atoms with Gasteiger partial charge in [-0.25, -0.2) is 4.98 Å². The molecule has 0 aliphatic heterocycles. The van der Waals surface area contributed by atoms with Gasteiger partial charge in [0.15, 0.2) is 5.82 Å². The number of rotatable bonds is 4. The zero-order chi connectivity index (χ0) is 13.1. The van der Waals surface area contributed by atoms with Crippen molar-refractivity contribution in [2.24, 2.45) is 0 Å². The third-order valence-corrected chi connectivity index (χ3v) is 2.16. The van der Waals surface area contributed by atoms with Crippen LogP contribution in [0, 0.1) is 13.8 Å². The summed E-state index contributed by atoms with van der Waals surface area (Å²) in [6, 6.07) is 4.02. The Kier molecular flexibility index (Phi) is 3.45. The van der Waals surface area contributed by atoms with E-state index in [1.54, 1.807) is 6.07 Å². The van der Waals surface area contributed by atoms with Crippen LogP contribution in [-0.4, -0.2) is 21.2 Å². The molecule has 2 heterocycles. The van der Waals surface area contributed by atoms with E-state index in [0.29, 0.717) is 17.8 Å². The molecule has 0 spiro atoms. The summed E-state index contributed by atoms with van der Waals surface area (Å²) in [4.78, 5) is 8.67. The molecule has 0 saturated heterocycles. The van der Waals surface area contributed by atoms with Crippen LogP contribution in [0.5, 0.6) is 0 Å². The normalized spacial score (nSPS) is 10.7. The van der Waals surface area contributed by atoms with Crippen molar-refractivity contribution < 1.29 is 4.52 Å². The molecule has 0 aromatic carbocycles. The lowest BCUT2D eigenvalue weighted by Crippen LogP contribution is -2.12. The van der Waals surface area contributed by atoms with Crippen LogP contribution < -0.4 is 10.6 Å². The van der Waals surface area contributed by atoms with Gasteiger partial charge >= 0.3 is 0 Å². The lowest BCUT2D eigenvalue weighted by molar-refractivity contribution is 0.400. The number of nitrogens with zero attached hydrogens (tertiary/aromatic N) is 3. The van der Waals surface area contributed by atoms with E-state index >= 15 is 0 Å². The van der Waals surface area contributed by atoms with Crippen molar-refractivity contribution in [1.29, 1.82) is 0 Å². The van der Waals surface area contributed by atoms with Crippen LogP contribution in [0.3, 0.4) is 0 Å². The molecule has 0 fully saturated rings. The van der Waals surface area contributed by atoms with Crippen LogP contribution in [-0.2, 0) is 0 Å². The van der Waals surface area contributed by atoms with Gasteiger partial charge in [0.25, 0.3) is 0 Å². The quantitative estimate of drug-likeness (QED) is 0.865.